The van der Waals surface area contributed by atoms with Crippen LogP contribution in [0, 0.1) is 6.92 Å². The molecule has 0 fully saturated rings. The number of rotatable bonds is 6. The Morgan fingerprint density at radius 2 is 1.79 bits per heavy atom. The lowest BCUT2D eigenvalue weighted by atomic mass is 10.1. The van der Waals surface area contributed by atoms with Gasteiger partial charge in [0.25, 0.3) is 0 Å². The van der Waals surface area contributed by atoms with E-state index in [1.807, 2.05) is 61.5 Å². The first-order valence-corrected chi connectivity index (χ1v) is 7.91. The van der Waals surface area contributed by atoms with E-state index in [2.05, 4.69) is 15.5 Å². The van der Waals surface area contributed by atoms with E-state index >= 15 is 0 Å². The number of nitrogens with zero attached hydrogens (tertiary/aromatic N) is 2. The van der Waals surface area contributed by atoms with Crippen LogP contribution in [0.4, 0.5) is 0 Å². The van der Waals surface area contributed by atoms with E-state index in [-0.39, 0.29) is 12.5 Å². The van der Waals surface area contributed by atoms with E-state index in [1.165, 1.54) is 0 Å². The van der Waals surface area contributed by atoms with Crippen molar-refractivity contribution in [3.05, 3.63) is 71.6 Å². The highest BCUT2D eigenvalue weighted by molar-refractivity contribution is 5.76. The second-order valence-corrected chi connectivity index (χ2v) is 5.58. The topological polar surface area (TPSA) is 68.0 Å². The largest absolute Gasteiger partial charge is 0.419 e. The number of carbonyl (C=O) groups excluding carboxylic acids is 1. The average Bonchev–Trinajstić information content (AvgIpc) is 3.08. The Kier molecular flexibility index (Phi) is 5.01. The predicted molar refractivity (Wildman–Crippen MR) is 91.1 cm³/mol. The van der Waals surface area contributed by atoms with Gasteiger partial charge in [-0.25, -0.2) is 0 Å². The third kappa shape index (κ3) is 4.07. The summed E-state index contributed by atoms with van der Waals surface area (Å²) in [6.07, 6.45) is 1.15. The molecule has 1 N–H and O–H groups in total. The van der Waals surface area contributed by atoms with Gasteiger partial charge in [-0.15, -0.1) is 10.2 Å². The summed E-state index contributed by atoms with van der Waals surface area (Å²) in [6.45, 7) is 2.23. The normalized spacial score (nSPS) is 10.5. The fourth-order valence-corrected chi connectivity index (χ4v) is 2.41. The number of carbonyl (C=O) groups is 1. The molecular formula is C19H19N3O2. The van der Waals surface area contributed by atoms with Gasteiger partial charge < -0.3 is 9.73 Å². The summed E-state index contributed by atoms with van der Waals surface area (Å²) in [5.41, 5.74) is 3.12. The lowest BCUT2D eigenvalue weighted by molar-refractivity contribution is -0.121. The summed E-state index contributed by atoms with van der Waals surface area (Å²) in [4.78, 5) is 11.9. The van der Waals surface area contributed by atoms with Crippen molar-refractivity contribution in [3.8, 4) is 11.5 Å². The molecule has 1 heterocycles. The van der Waals surface area contributed by atoms with Crippen LogP contribution in [0.5, 0.6) is 0 Å². The minimum Gasteiger partial charge on any atom is -0.419 e. The molecule has 0 aliphatic carbocycles. The molecule has 0 aliphatic heterocycles. The molecule has 24 heavy (non-hydrogen) atoms. The fraction of sp³-hybridized carbons (Fsp3) is 0.211. The molecule has 0 bridgehead atoms. The van der Waals surface area contributed by atoms with Crippen LogP contribution in [0.3, 0.4) is 0 Å². The van der Waals surface area contributed by atoms with Gasteiger partial charge in [0.15, 0.2) is 0 Å². The molecule has 2 aromatic carbocycles. The smallest absolute Gasteiger partial charge is 0.248 e. The van der Waals surface area contributed by atoms with Crippen LogP contribution in [0.25, 0.3) is 11.5 Å². The molecule has 0 saturated carbocycles. The van der Waals surface area contributed by atoms with E-state index in [0.717, 1.165) is 16.7 Å². The number of aryl methyl sites for hydroxylation is 2. The van der Waals surface area contributed by atoms with Crippen molar-refractivity contribution in [2.45, 2.75) is 26.3 Å². The maximum absolute atomic E-state index is 11.9. The van der Waals surface area contributed by atoms with Crippen molar-refractivity contribution in [2.24, 2.45) is 0 Å². The molecule has 0 radical (unpaired) electrons. The van der Waals surface area contributed by atoms with E-state index in [1.54, 1.807) is 0 Å². The molecule has 3 aromatic rings. The fourth-order valence-electron chi connectivity index (χ4n) is 2.41. The number of aromatic nitrogens is 2. The Balaban J connectivity index is 1.52. The van der Waals surface area contributed by atoms with Crippen LogP contribution in [0.15, 0.2) is 59.0 Å². The maximum atomic E-state index is 11.9. The lowest BCUT2D eigenvalue weighted by Crippen LogP contribution is -2.23. The molecule has 0 atom stereocenters. The molecule has 1 aromatic heterocycles. The summed E-state index contributed by atoms with van der Waals surface area (Å²) < 4.78 is 5.63. The highest BCUT2D eigenvalue weighted by atomic mass is 16.4. The van der Waals surface area contributed by atoms with Crippen molar-refractivity contribution >= 4 is 5.91 Å². The van der Waals surface area contributed by atoms with Crippen LogP contribution < -0.4 is 5.32 Å². The number of nitrogens with one attached hydrogen (secondary N) is 1. The number of benzene rings is 2. The van der Waals surface area contributed by atoms with Crippen LogP contribution in [-0.2, 0) is 17.8 Å². The van der Waals surface area contributed by atoms with Crippen molar-refractivity contribution in [1.29, 1.82) is 0 Å². The minimum absolute atomic E-state index is 0.0329. The van der Waals surface area contributed by atoms with Gasteiger partial charge in [0.05, 0.1) is 6.54 Å². The molecule has 122 valence electrons. The van der Waals surface area contributed by atoms with Crippen LogP contribution >= 0.6 is 0 Å². The van der Waals surface area contributed by atoms with Gasteiger partial charge >= 0.3 is 0 Å². The SMILES string of the molecule is Cc1ccccc1-c1nnc(CNC(=O)CCc2ccccc2)o1. The van der Waals surface area contributed by atoms with E-state index < -0.39 is 0 Å². The van der Waals surface area contributed by atoms with E-state index in [9.17, 15) is 4.79 Å². The zero-order valence-corrected chi connectivity index (χ0v) is 13.5. The highest BCUT2D eigenvalue weighted by Crippen LogP contribution is 2.21. The van der Waals surface area contributed by atoms with Crippen molar-refractivity contribution in [2.75, 3.05) is 0 Å². The van der Waals surface area contributed by atoms with Gasteiger partial charge in [0.2, 0.25) is 17.7 Å². The van der Waals surface area contributed by atoms with Gasteiger partial charge in [-0.05, 0) is 30.5 Å². The highest BCUT2D eigenvalue weighted by Gasteiger charge is 2.11. The lowest BCUT2D eigenvalue weighted by Gasteiger charge is -2.03. The molecule has 3 rings (SSSR count). The Morgan fingerprint density at radius 1 is 1.04 bits per heavy atom. The summed E-state index contributed by atoms with van der Waals surface area (Å²) >= 11 is 0. The molecule has 5 heteroatoms. The minimum atomic E-state index is -0.0329. The summed E-state index contributed by atoms with van der Waals surface area (Å²) in [7, 11) is 0. The van der Waals surface area contributed by atoms with E-state index in [4.69, 9.17) is 4.42 Å². The summed E-state index contributed by atoms with van der Waals surface area (Å²) in [5.74, 6) is 0.845. The third-order valence-electron chi connectivity index (χ3n) is 3.76. The van der Waals surface area contributed by atoms with E-state index in [0.29, 0.717) is 24.6 Å². The molecule has 0 spiro atoms. The quantitative estimate of drug-likeness (QED) is 0.756. The number of amides is 1. The Hall–Kier alpha value is -2.95. The van der Waals surface area contributed by atoms with Crippen molar-refractivity contribution < 1.29 is 9.21 Å². The maximum Gasteiger partial charge on any atom is 0.248 e. The third-order valence-corrected chi connectivity index (χ3v) is 3.76. The predicted octanol–water partition coefficient (Wildman–Crippen LogP) is 3.29. The van der Waals surface area contributed by atoms with Crippen LogP contribution in [0.1, 0.15) is 23.4 Å². The van der Waals surface area contributed by atoms with Crippen LogP contribution in [0.2, 0.25) is 0 Å². The van der Waals surface area contributed by atoms with Gasteiger partial charge in [0.1, 0.15) is 0 Å². The number of hydrogen-bond acceptors (Lipinski definition) is 4. The van der Waals surface area contributed by atoms with Gasteiger partial charge in [-0.1, -0.05) is 48.5 Å². The zero-order valence-electron chi connectivity index (χ0n) is 13.5. The molecular weight excluding hydrogens is 302 g/mol. The standard InChI is InChI=1S/C19H19N3O2/c1-14-7-5-6-10-16(14)19-22-21-18(24-19)13-20-17(23)12-11-15-8-3-2-4-9-15/h2-10H,11-13H2,1H3,(H,20,23). The average molecular weight is 321 g/mol. The Morgan fingerprint density at radius 3 is 2.58 bits per heavy atom. The first kappa shape index (κ1) is 15.9. The molecule has 1 amide bonds. The Labute approximate surface area is 140 Å². The molecule has 0 unspecified atom stereocenters. The number of hydrogen-bond donors (Lipinski definition) is 1. The molecule has 0 saturated heterocycles. The van der Waals surface area contributed by atoms with Gasteiger partial charge in [-0.2, -0.15) is 0 Å². The molecule has 5 nitrogen and oxygen atoms in total. The van der Waals surface area contributed by atoms with Crippen molar-refractivity contribution in [1.82, 2.24) is 15.5 Å². The van der Waals surface area contributed by atoms with Crippen molar-refractivity contribution in [3.63, 3.8) is 0 Å². The monoisotopic (exact) mass is 321 g/mol. The summed E-state index contributed by atoms with van der Waals surface area (Å²) in [6, 6.07) is 17.7. The second kappa shape index (κ2) is 7.55. The van der Waals surface area contributed by atoms with Crippen LogP contribution in [-0.4, -0.2) is 16.1 Å². The van der Waals surface area contributed by atoms with Gasteiger partial charge in [0, 0.05) is 12.0 Å². The summed E-state index contributed by atoms with van der Waals surface area (Å²) in [5, 5.41) is 10.9. The zero-order chi connectivity index (χ0) is 16.8. The van der Waals surface area contributed by atoms with Gasteiger partial charge in [-0.3, -0.25) is 4.79 Å². The molecule has 0 aliphatic rings. The first-order chi connectivity index (χ1) is 11.7. The second-order valence-electron chi connectivity index (χ2n) is 5.58. The first-order valence-electron chi connectivity index (χ1n) is 7.91. The Bertz CT molecular complexity index is 812.